The third-order valence-corrected chi connectivity index (χ3v) is 7.94. The summed E-state index contributed by atoms with van der Waals surface area (Å²) in [5, 5.41) is 2.83. The van der Waals surface area contributed by atoms with E-state index in [0.29, 0.717) is 23.1 Å². The molecule has 1 aliphatic rings. The predicted octanol–water partition coefficient (Wildman–Crippen LogP) is 5.09. The highest BCUT2D eigenvalue weighted by Crippen LogP contribution is 2.35. The number of ketones is 2. The van der Waals surface area contributed by atoms with Crippen LogP contribution in [0.1, 0.15) is 39.5 Å². The van der Waals surface area contributed by atoms with Gasteiger partial charge in [-0.15, -0.1) is 0 Å². The van der Waals surface area contributed by atoms with E-state index >= 15 is 0 Å². The Morgan fingerprint density at radius 2 is 1.29 bits per heavy atom. The van der Waals surface area contributed by atoms with Crippen molar-refractivity contribution in [3.8, 4) is 0 Å². The molecular formula is C25H27O2P. The minimum atomic E-state index is -0.354. The molecule has 0 unspecified atom stereocenters. The van der Waals surface area contributed by atoms with Gasteiger partial charge in [0.15, 0.2) is 11.6 Å². The molecule has 3 rings (SSSR count). The number of unbranched alkanes of at least 4 members (excludes halogenated alkanes) is 2. The van der Waals surface area contributed by atoms with Crippen molar-refractivity contribution in [2.75, 3.05) is 6.16 Å². The Hall–Kier alpha value is -2.31. The van der Waals surface area contributed by atoms with Crippen LogP contribution in [-0.2, 0) is 9.59 Å². The Bertz CT molecular complexity index is 855. The number of rotatable bonds is 8. The van der Waals surface area contributed by atoms with E-state index in [1.54, 1.807) is 19.9 Å². The van der Waals surface area contributed by atoms with Gasteiger partial charge < -0.3 is 0 Å². The van der Waals surface area contributed by atoms with Gasteiger partial charge in [0, 0.05) is 16.7 Å². The van der Waals surface area contributed by atoms with Gasteiger partial charge in [0.1, 0.15) is 0 Å². The highest BCUT2D eigenvalue weighted by molar-refractivity contribution is 7.73. The van der Waals surface area contributed by atoms with Crippen LogP contribution in [-0.4, -0.2) is 17.7 Å². The van der Waals surface area contributed by atoms with Crippen molar-refractivity contribution in [2.24, 2.45) is 0 Å². The van der Waals surface area contributed by atoms with Gasteiger partial charge in [0.25, 0.3) is 0 Å². The summed E-state index contributed by atoms with van der Waals surface area (Å²) in [6.07, 6.45) is 6.53. The summed E-state index contributed by atoms with van der Waals surface area (Å²) in [5.41, 5.74) is 1.88. The molecule has 1 aliphatic carbocycles. The summed E-state index contributed by atoms with van der Waals surface area (Å²) in [6.45, 7) is 3.49. The molecule has 0 radical (unpaired) electrons. The fourth-order valence-electron chi connectivity index (χ4n) is 3.50. The maximum Gasteiger partial charge on any atom is 0.185 e. The minimum Gasteiger partial charge on any atom is -0.290 e. The maximum absolute atomic E-state index is 12.3. The summed E-state index contributed by atoms with van der Waals surface area (Å²) >= 11 is 0. The minimum absolute atomic E-state index is 0.0104. The lowest BCUT2D eigenvalue weighted by atomic mass is 9.89. The molecule has 0 fully saturated rings. The number of benzene rings is 2. The van der Waals surface area contributed by atoms with Crippen molar-refractivity contribution in [3.63, 3.8) is 0 Å². The smallest absolute Gasteiger partial charge is 0.185 e. The van der Waals surface area contributed by atoms with Crippen LogP contribution in [0.25, 0.3) is 0 Å². The molecule has 0 N–H and O–H groups in total. The first-order valence-corrected chi connectivity index (χ1v) is 11.5. The largest absolute Gasteiger partial charge is 0.290 e. The van der Waals surface area contributed by atoms with Crippen molar-refractivity contribution >= 4 is 30.1 Å². The van der Waals surface area contributed by atoms with Crippen LogP contribution in [0.4, 0.5) is 0 Å². The summed E-state index contributed by atoms with van der Waals surface area (Å²) < 4.78 is 0. The first-order chi connectivity index (χ1) is 13.6. The van der Waals surface area contributed by atoms with E-state index in [1.165, 1.54) is 10.6 Å². The predicted molar refractivity (Wildman–Crippen MR) is 119 cm³/mol. The van der Waals surface area contributed by atoms with Crippen LogP contribution in [0.2, 0.25) is 0 Å². The van der Waals surface area contributed by atoms with Crippen LogP contribution in [0.3, 0.4) is 0 Å². The molecular weight excluding hydrogens is 363 g/mol. The van der Waals surface area contributed by atoms with E-state index in [2.05, 4.69) is 60.7 Å². The Kier molecular flexibility index (Phi) is 7.12. The molecule has 0 saturated carbocycles. The van der Waals surface area contributed by atoms with E-state index in [0.717, 1.165) is 25.4 Å². The number of carbonyl (C=O) groups is 2. The SMILES string of the molecule is CC1=C(C)C(=O)C(CCCCCP(c2ccccc2)c2ccccc2)=CC1=O. The van der Waals surface area contributed by atoms with Crippen LogP contribution in [0.15, 0.2) is 83.5 Å². The zero-order valence-electron chi connectivity index (χ0n) is 16.7. The number of hydrogen-bond donors (Lipinski definition) is 0. The number of hydrogen-bond acceptors (Lipinski definition) is 2. The molecule has 0 aliphatic heterocycles. The van der Waals surface area contributed by atoms with Crippen molar-refractivity contribution in [1.82, 2.24) is 0 Å². The Labute approximate surface area is 169 Å². The van der Waals surface area contributed by atoms with Gasteiger partial charge >= 0.3 is 0 Å². The first-order valence-electron chi connectivity index (χ1n) is 9.92. The number of allylic oxidation sites excluding steroid dienone is 4. The Morgan fingerprint density at radius 3 is 1.86 bits per heavy atom. The van der Waals surface area contributed by atoms with Gasteiger partial charge in [-0.2, -0.15) is 0 Å². The zero-order chi connectivity index (χ0) is 19.9. The first kappa shape index (κ1) is 20.4. The summed E-state index contributed by atoms with van der Waals surface area (Å²) in [6, 6.07) is 21.5. The second-order valence-corrected chi connectivity index (χ2v) is 9.58. The van der Waals surface area contributed by atoms with Gasteiger partial charge in [-0.3, -0.25) is 9.59 Å². The molecule has 2 aromatic carbocycles. The number of carbonyl (C=O) groups excluding carboxylic acids is 2. The topological polar surface area (TPSA) is 34.1 Å². The maximum atomic E-state index is 12.3. The average Bonchev–Trinajstić information content (AvgIpc) is 2.74. The van der Waals surface area contributed by atoms with E-state index in [4.69, 9.17) is 0 Å². The molecule has 0 heterocycles. The van der Waals surface area contributed by atoms with Gasteiger partial charge in [-0.05, 0) is 63.9 Å². The van der Waals surface area contributed by atoms with E-state index in [-0.39, 0.29) is 19.5 Å². The second kappa shape index (κ2) is 9.75. The summed E-state index contributed by atoms with van der Waals surface area (Å²) in [5.74, 6) is 0.0386. The fraction of sp³-hybridized carbons (Fsp3) is 0.280. The molecule has 144 valence electrons. The van der Waals surface area contributed by atoms with Crippen molar-refractivity contribution in [2.45, 2.75) is 39.5 Å². The highest BCUT2D eigenvalue weighted by atomic mass is 31.1. The summed E-state index contributed by atoms with van der Waals surface area (Å²) in [7, 11) is -0.354. The Balaban J connectivity index is 1.55. The van der Waals surface area contributed by atoms with Crippen LogP contribution in [0.5, 0.6) is 0 Å². The molecule has 0 saturated heterocycles. The lowest BCUT2D eigenvalue weighted by molar-refractivity contribution is -0.116. The zero-order valence-corrected chi connectivity index (χ0v) is 17.5. The van der Waals surface area contributed by atoms with Crippen molar-refractivity contribution in [3.05, 3.63) is 83.5 Å². The van der Waals surface area contributed by atoms with Gasteiger partial charge in [0.2, 0.25) is 0 Å². The molecule has 0 atom stereocenters. The van der Waals surface area contributed by atoms with Crippen LogP contribution >= 0.6 is 7.92 Å². The standard InChI is InChI=1S/C25H27O2P/c1-19-20(2)25(27)21(18-24(19)26)12-6-5-11-17-28(22-13-7-3-8-14-22)23-15-9-4-10-16-23/h3-4,7-10,13-16,18H,5-6,11-12,17H2,1-2H3. The molecule has 3 heteroatoms. The third-order valence-electron chi connectivity index (χ3n) is 5.33. The molecule has 2 aromatic rings. The molecule has 0 spiro atoms. The highest BCUT2D eigenvalue weighted by Gasteiger charge is 2.22. The van der Waals surface area contributed by atoms with E-state index in [1.807, 2.05) is 0 Å². The van der Waals surface area contributed by atoms with E-state index in [9.17, 15) is 9.59 Å². The molecule has 0 aromatic heterocycles. The van der Waals surface area contributed by atoms with Crippen molar-refractivity contribution < 1.29 is 9.59 Å². The molecule has 0 amide bonds. The van der Waals surface area contributed by atoms with Crippen LogP contribution in [0, 0.1) is 0 Å². The summed E-state index contributed by atoms with van der Waals surface area (Å²) in [4.78, 5) is 24.3. The molecule has 2 nitrogen and oxygen atoms in total. The van der Waals surface area contributed by atoms with E-state index < -0.39 is 0 Å². The molecule has 0 bridgehead atoms. The van der Waals surface area contributed by atoms with Gasteiger partial charge in [-0.1, -0.05) is 67.1 Å². The number of Topliss-reactive ketones (excluding diaryl/α,β-unsaturated/α-hetero) is 1. The van der Waals surface area contributed by atoms with Gasteiger partial charge in [0.05, 0.1) is 0 Å². The fourth-order valence-corrected chi connectivity index (χ4v) is 5.92. The molecule has 28 heavy (non-hydrogen) atoms. The van der Waals surface area contributed by atoms with Crippen LogP contribution < -0.4 is 10.6 Å². The lowest BCUT2D eigenvalue weighted by Crippen LogP contribution is -2.16. The van der Waals surface area contributed by atoms with Gasteiger partial charge in [-0.25, -0.2) is 0 Å². The Morgan fingerprint density at radius 1 is 0.714 bits per heavy atom. The lowest BCUT2D eigenvalue weighted by Gasteiger charge is -2.19. The normalized spacial score (nSPS) is 14.6. The van der Waals surface area contributed by atoms with Crippen molar-refractivity contribution in [1.29, 1.82) is 0 Å². The second-order valence-electron chi connectivity index (χ2n) is 7.25. The average molecular weight is 390 g/mol. The monoisotopic (exact) mass is 390 g/mol. The quantitative estimate of drug-likeness (QED) is 0.357. The third kappa shape index (κ3) is 4.94.